The van der Waals surface area contributed by atoms with Crippen molar-refractivity contribution >= 4 is 74.6 Å². The van der Waals surface area contributed by atoms with Crippen LogP contribution in [0.15, 0.2) is 149 Å². The van der Waals surface area contributed by atoms with E-state index in [-0.39, 0.29) is 17.5 Å². The standard InChI is InChI=1S/C50H44BN3O/c1-49(2,3)35-23-20-32(21-24-35)33-13-10-16-38(29-33)54-43-19-11-18-42-45(43)51(48-47(54)40-30-36(50(4,5)6)25-27-44(40)55-48)41-26-22-34-31-52-28-12-17-39(34)46(41)53(42)37-14-8-7-9-15-37/h7-16,18-31H,17H2,1-6H3. The first kappa shape index (κ1) is 33.5. The fraction of sp³-hybridized carbons (Fsp3) is 0.180. The summed E-state index contributed by atoms with van der Waals surface area (Å²) >= 11 is 0. The van der Waals surface area contributed by atoms with Gasteiger partial charge < -0.3 is 14.2 Å². The van der Waals surface area contributed by atoms with Crippen LogP contribution in [0.4, 0.5) is 34.1 Å². The number of anilines is 6. The fourth-order valence-electron chi connectivity index (χ4n) is 8.85. The SMILES string of the molecule is CC(C)(C)c1ccc(-c2cccc(N3c4cccc5c4B(c4ccc6c(c4N5c4ccccc4)CC=CN=C6)c4oc5ccc(C(C)(C)C)cc5c43)c2)cc1. The van der Waals surface area contributed by atoms with Crippen molar-refractivity contribution in [2.75, 3.05) is 9.80 Å². The van der Waals surface area contributed by atoms with Crippen molar-refractivity contribution in [1.82, 2.24) is 0 Å². The maximum Gasteiger partial charge on any atom is 0.297 e. The average molecular weight is 714 g/mol. The van der Waals surface area contributed by atoms with Gasteiger partial charge in [0.15, 0.2) is 0 Å². The molecule has 0 radical (unpaired) electrons. The van der Waals surface area contributed by atoms with Gasteiger partial charge in [-0.05, 0) is 110 Å². The van der Waals surface area contributed by atoms with E-state index in [4.69, 9.17) is 4.42 Å². The quantitative estimate of drug-likeness (QED) is 0.171. The molecule has 0 N–H and O–H groups in total. The predicted molar refractivity (Wildman–Crippen MR) is 234 cm³/mol. The number of allylic oxidation sites excluding steroid dienone is 1. The van der Waals surface area contributed by atoms with Crippen LogP contribution in [0.5, 0.6) is 0 Å². The van der Waals surface area contributed by atoms with Gasteiger partial charge in [0, 0.05) is 46.2 Å². The smallest absolute Gasteiger partial charge is 0.297 e. The predicted octanol–water partition coefficient (Wildman–Crippen LogP) is 11.3. The van der Waals surface area contributed by atoms with Gasteiger partial charge >= 0.3 is 0 Å². The van der Waals surface area contributed by atoms with Crippen molar-refractivity contribution < 1.29 is 4.42 Å². The Bertz CT molecular complexity index is 2710. The Morgan fingerprint density at radius 2 is 1.31 bits per heavy atom. The number of aliphatic imine (C=N–C) groups is 1. The molecular formula is C50H44BN3O. The highest BCUT2D eigenvalue weighted by atomic mass is 16.3. The van der Waals surface area contributed by atoms with Gasteiger partial charge in [-0.2, -0.15) is 0 Å². The molecule has 0 amide bonds. The van der Waals surface area contributed by atoms with Crippen molar-refractivity contribution in [3.63, 3.8) is 0 Å². The summed E-state index contributed by atoms with van der Waals surface area (Å²) in [7, 11) is 0. The second kappa shape index (κ2) is 12.2. The zero-order chi connectivity index (χ0) is 37.6. The third-order valence-corrected chi connectivity index (χ3v) is 11.7. The van der Waals surface area contributed by atoms with Gasteiger partial charge in [0.1, 0.15) is 5.58 Å². The number of rotatable bonds is 3. The monoisotopic (exact) mass is 713 g/mol. The summed E-state index contributed by atoms with van der Waals surface area (Å²) in [6.07, 6.45) is 6.89. The Morgan fingerprint density at radius 3 is 2.05 bits per heavy atom. The number of furan rings is 1. The van der Waals surface area contributed by atoms with Gasteiger partial charge in [-0.25, -0.2) is 0 Å². The molecule has 3 aliphatic rings. The highest BCUT2D eigenvalue weighted by molar-refractivity contribution is 7.00. The minimum Gasteiger partial charge on any atom is -0.468 e. The first-order valence-electron chi connectivity index (χ1n) is 19.5. The van der Waals surface area contributed by atoms with Crippen molar-refractivity contribution in [2.45, 2.75) is 58.8 Å². The third-order valence-electron chi connectivity index (χ3n) is 11.7. The van der Waals surface area contributed by atoms with E-state index in [0.29, 0.717) is 0 Å². The minimum absolute atomic E-state index is 0.0255. The number of hydrogen-bond donors (Lipinski definition) is 0. The number of fused-ring (bicyclic) bond motifs is 8. The highest BCUT2D eigenvalue weighted by Crippen LogP contribution is 2.48. The summed E-state index contributed by atoms with van der Waals surface area (Å²) in [6.45, 7) is 13.5. The lowest BCUT2D eigenvalue weighted by Gasteiger charge is -2.43. The fourth-order valence-corrected chi connectivity index (χ4v) is 8.85. The lowest BCUT2D eigenvalue weighted by atomic mass is 9.35. The molecule has 0 atom stereocenters. The Kier molecular flexibility index (Phi) is 7.45. The van der Waals surface area contributed by atoms with Gasteiger partial charge in [-0.15, -0.1) is 0 Å². The van der Waals surface area contributed by atoms with Crippen LogP contribution in [0.25, 0.3) is 22.1 Å². The van der Waals surface area contributed by atoms with Crippen LogP contribution in [0.3, 0.4) is 0 Å². The first-order chi connectivity index (χ1) is 26.6. The van der Waals surface area contributed by atoms with Crippen LogP contribution in [0, 0.1) is 0 Å². The zero-order valence-corrected chi connectivity index (χ0v) is 32.4. The van der Waals surface area contributed by atoms with E-state index in [1.807, 2.05) is 12.4 Å². The second-order valence-electron chi connectivity index (χ2n) is 17.2. The number of hydrogen-bond acceptors (Lipinski definition) is 4. The molecule has 1 aromatic heterocycles. The molecule has 268 valence electrons. The summed E-state index contributed by atoms with van der Waals surface area (Å²) in [5.74, 6) is 0. The van der Waals surface area contributed by atoms with Crippen LogP contribution in [0.1, 0.15) is 63.8 Å². The maximum absolute atomic E-state index is 7.19. The van der Waals surface area contributed by atoms with E-state index in [2.05, 4.69) is 190 Å². The van der Waals surface area contributed by atoms with Crippen LogP contribution in [0.2, 0.25) is 0 Å². The Hall–Kier alpha value is -6.07. The van der Waals surface area contributed by atoms with Crippen LogP contribution in [-0.4, -0.2) is 12.9 Å². The molecule has 0 aliphatic carbocycles. The molecule has 0 bridgehead atoms. The average Bonchev–Trinajstić information content (AvgIpc) is 3.38. The van der Waals surface area contributed by atoms with E-state index >= 15 is 0 Å². The van der Waals surface area contributed by atoms with Gasteiger partial charge in [-0.1, -0.05) is 126 Å². The second-order valence-corrected chi connectivity index (χ2v) is 17.2. The van der Waals surface area contributed by atoms with Crippen molar-refractivity contribution in [3.8, 4) is 11.1 Å². The van der Waals surface area contributed by atoms with Gasteiger partial charge in [0.2, 0.25) is 0 Å². The summed E-state index contributed by atoms with van der Waals surface area (Å²) in [6, 6.07) is 47.1. The molecule has 4 heterocycles. The highest BCUT2D eigenvalue weighted by Gasteiger charge is 2.47. The molecule has 4 nitrogen and oxygen atoms in total. The van der Waals surface area contributed by atoms with Crippen LogP contribution < -0.4 is 26.4 Å². The molecule has 5 heteroatoms. The molecule has 7 aromatic rings. The zero-order valence-electron chi connectivity index (χ0n) is 32.4. The van der Waals surface area contributed by atoms with Crippen molar-refractivity contribution in [3.05, 3.63) is 162 Å². The Morgan fingerprint density at radius 1 is 0.618 bits per heavy atom. The van der Waals surface area contributed by atoms with Gasteiger partial charge in [0.05, 0.1) is 11.3 Å². The molecular weight excluding hydrogens is 669 g/mol. The lowest BCUT2D eigenvalue weighted by Crippen LogP contribution is -2.61. The summed E-state index contributed by atoms with van der Waals surface area (Å²) in [5, 5.41) is 1.13. The van der Waals surface area contributed by atoms with Crippen molar-refractivity contribution in [2.24, 2.45) is 4.99 Å². The van der Waals surface area contributed by atoms with Crippen molar-refractivity contribution in [1.29, 1.82) is 0 Å². The van der Waals surface area contributed by atoms with Crippen LogP contribution >= 0.6 is 0 Å². The molecule has 0 saturated heterocycles. The topological polar surface area (TPSA) is 32.0 Å². The summed E-state index contributed by atoms with van der Waals surface area (Å²) < 4.78 is 7.19. The first-order valence-corrected chi connectivity index (χ1v) is 19.5. The summed E-state index contributed by atoms with van der Waals surface area (Å²) in [5.41, 5.74) is 18.8. The number of benzene rings is 6. The van der Waals surface area contributed by atoms with E-state index < -0.39 is 0 Å². The minimum atomic E-state index is -0.111. The number of nitrogens with zero attached hydrogens (tertiary/aromatic N) is 3. The maximum atomic E-state index is 7.19. The van der Waals surface area contributed by atoms with E-state index in [9.17, 15) is 0 Å². The molecule has 55 heavy (non-hydrogen) atoms. The molecule has 3 aliphatic heterocycles. The molecule has 6 aromatic carbocycles. The van der Waals surface area contributed by atoms with Gasteiger partial charge in [-0.3, -0.25) is 4.99 Å². The largest absolute Gasteiger partial charge is 0.468 e. The Balaban J connectivity index is 1.26. The van der Waals surface area contributed by atoms with E-state index in [1.54, 1.807) is 0 Å². The number of para-hydroxylation sites is 1. The van der Waals surface area contributed by atoms with E-state index in [1.165, 1.54) is 55.8 Å². The normalized spacial score (nSPS) is 14.4. The Labute approximate surface area is 324 Å². The summed E-state index contributed by atoms with van der Waals surface area (Å²) in [4.78, 5) is 9.55. The lowest BCUT2D eigenvalue weighted by molar-refractivity contribution is 0.590. The van der Waals surface area contributed by atoms with E-state index in [0.717, 1.165) is 45.7 Å². The molecule has 0 spiro atoms. The van der Waals surface area contributed by atoms with Crippen LogP contribution in [-0.2, 0) is 17.3 Å². The molecule has 10 rings (SSSR count). The van der Waals surface area contributed by atoms with Gasteiger partial charge in [0.25, 0.3) is 6.71 Å². The molecule has 0 saturated carbocycles. The molecule has 0 fully saturated rings. The molecule has 0 unspecified atom stereocenters. The third kappa shape index (κ3) is 5.32.